The number of fused-ring (bicyclic) bond motifs is 12. The lowest BCUT2D eigenvalue weighted by atomic mass is 9.88. The van der Waals surface area contributed by atoms with Crippen molar-refractivity contribution in [3.8, 4) is 56.4 Å². The van der Waals surface area contributed by atoms with Crippen molar-refractivity contribution < 1.29 is 0 Å². The third-order valence-corrected chi connectivity index (χ3v) is 15.6. The number of hydrogen-bond donors (Lipinski definition) is 0. The Hall–Kier alpha value is -9.45. The first-order valence-corrected chi connectivity index (χ1v) is 25.8. The van der Waals surface area contributed by atoms with Crippen LogP contribution >= 0.6 is 0 Å². The molecule has 0 N–H and O–H groups in total. The van der Waals surface area contributed by atoms with E-state index in [1.54, 1.807) is 0 Å². The lowest BCUT2D eigenvalue weighted by Crippen LogP contribution is -2.27. The lowest BCUT2D eigenvalue weighted by molar-refractivity contribution is 0.829. The Bertz CT molecular complexity index is 4370. The first kappa shape index (κ1) is 42.3. The van der Waals surface area contributed by atoms with E-state index >= 15 is 0 Å². The highest BCUT2D eigenvalue weighted by Gasteiger charge is 2.38. The van der Waals surface area contributed by atoms with Gasteiger partial charge in [0.25, 0.3) is 0 Å². The molecule has 1 atom stereocenters. The average Bonchev–Trinajstić information content (AvgIpc) is 4.03. The average molecular weight is 946 g/mol. The highest BCUT2D eigenvalue weighted by molar-refractivity contribution is 6.26. The zero-order chi connectivity index (χ0) is 48.7. The maximum Gasteiger partial charge on any atom is 0.166 e. The first-order chi connectivity index (χ1) is 36.7. The quantitative estimate of drug-likeness (QED) is 0.149. The molecule has 1 aliphatic heterocycles. The number of benzene rings is 10. The van der Waals surface area contributed by atoms with Crippen molar-refractivity contribution in [2.45, 2.75) is 25.3 Å². The first-order valence-electron chi connectivity index (χ1n) is 25.8. The highest BCUT2D eigenvalue weighted by atomic mass is 15.2. The number of anilines is 2. The fourth-order valence-electron chi connectivity index (χ4n) is 12.3. The van der Waals surface area contributed by atoms with E-state index < -0.39 is 0 Å². The van der Waals surface area contributed by atoms with Crippen LogP contribution < -0.4 is 4.90 Å². The Morgan fingerprint density at radius 2 is 0.986 bits per heavy atom. The fourth-order valence-corrected chi connectivity index (χ4v) is 12.3. The summed E-state index contributed by atoms with van der Waals surface area (Å²) in [6.45, 7) is 0. The Kier molecular flexibility index (Phi) is 9.77. The lowest BCUT2D eigenvalue weighted by Gasteiger charge is -2.30. The zero-order valence-electron chi connectivity index (χ0n) is 40.5. The van der Waals surface area contributed by atoms with Crippen LogP contribution in [-0.4, -0.2) is 25.6 Å². The van der Waals surface area contributed by atoms with Gasteiger partial charge in [0.2, 0.25) is 0 Å². The minimum atomic E-state index is 0.0592. The number of rotatable bonds is 7. The monoisotopic (exact) mass is 945 g/mol. The van der Waals surface area contributed by atoms with Crippen molar-refractivity contribution >= 4 is 76.8 Å². The van der Waals surface area contributed by atoms with Crippen LogP contribution in [0.3, 0.4) is 0 Å². The molecule has 5 nitrogen and oxygen atoms in total. The van der Waals surface area contributed by atoms with E-state index in [0.717, 1.165) is 41.6 Å². The van der Waals surface area contributed by atoms with Crippen molar-refractivity contribution in [1.82, 2.24) is 19.5 Å². The summed E-state index contributed by atoms with van der Waals surface area (Å²) in [6, 6.07) is 74.8. The summed E-state index contributed by atoms with van der Waals surface area (Å²) in [7, 11) is 0. The van der Waals surface area contributed by atoms with E-state index in [-0.39, 0.29) is 6.04 Å². The van der Waals surface area contributed by atoms with Crippen LogP contribution in [0.5, 0.6) is 0 Å². The number of para-hydroxylation sites is 1. The summed E-state index contributed by atoms with van der Waals surface area (Å²) < 4.78 is 2.52. The van der Waals surface area contributed by atoms with Gasteiger partial charge in [-0.3, -0.25) is 0 Å². The molecule has 12 aromatic rings. The third-order valence-electron chi connectivity index (χ3n) is 15.6. The Morgan fingerprint density at radius 1 is 0.392 bits per heavy atom. The summed E-state index contributed by atoms with van der Waals surface area (Å²) in [4.78, 5) is 18.6. The number of allylic oxidation sites excluding steroid dienone is 6. The molecule has 3 heterocycles. The van der Waals surface area contributed by atoms with Gasteiger partial charge < -0.3 is 9.47 Å². The maximum absolute atomic E-state index is 5.45. The molecule has 2 aliphatic carbocycles. The Balaban J connectivity index is 0.915. The van der Waals surface area contributed by atoms with Crippen LogP contribution in [-0.2, 0) is 0 Å². The summed E-state index contributed by atoms with van der Waals surface area (Å²) in [5.74, 6) is 1.90. The number of aromatic nitrogens is 4. The van der Waals surface area contributed by atoms with E-state index in [4.69, 9.17) is 15.0 Å². The van der Waals surface area contributed by atoms with Crippen molar-refractivity contribution in [3.63, 3.8) is 0 Å². The van der Waals surface area contributed by atoms with Gasteiger partial charge >= 0.3 is 0 Å². The predicted octanol–water partition coefficient (Wildman–Crippen LogP) is 17.8. The molecule has 0 bridgehead atoms. The number of nitrogens with zero attached hydrogens (tertiary/aromatic N) is 5. The molecule has 10 aromatic carbocycles. The van der Waals surface area contributed by atoms with E-state index in [1.807, 2.05) is 18.2 Å². The summed E-state index contributed by atoms with van der Waals surface area (Å²) in [5, 5.41) is 9.85. The molecule has 0 amide bonds. The maximum atomic E-state index is 5.45. The normalized spacial score (nSPS) is 15.0. The molecule has 5 heteroatoms. The smallest absolute Gasteiger partial charge is 0.166 e. The molecule has 15 rings (SSSR count). The molecule has 2 aromatic heterocycles. The van der Waals surface area contributed by atoms with E-state index in [1.165, 1.54) is 98.9 Å². The Labute approximate surface area is 429 Å². The van der Waals surface area contributed by atoms with Gasteiger partial charge in [-0.15, -0.1) is 0 Å². The molecule has 0 spiro atoms. The van der Waals surface area contributed by atoms with Crippen LogP contribution in [0.15, 0.2) is 243 Å². The van der Waals surface area contributed by atoms with Crippen molar-refractivity contribution in [2.75, 3.05) is 4.90 Å². The predicted molar refractivity (Wildman–Crippen MR) is 309 cm³/mol. The molecular formula is C69H47N5. The van der Waals surface area contributed by atoms with E-state index in [2.05, 4.69) is 234 Å². The molecule has 74 heavy (non-hydrogen) atoms. The molecule has 348 valence electrons. The van der Waals surface area contributed by atoms with Gasteiger partial charge in [-0.05, 0) is 122 Å². The summed E-state index contributed by atoms with van der Waals surface area (Å²) in [5.41, 5.74) is 16.3. The van der Waals surface area contributed by atoms with Crippen molar-refractivity contribution in [3.05, 3.63) is 248 Å². The molecule has 0 saturated carbocycles. The van der Waals surface area contributed by atoms with Gasteiger partial charge in [-0.2, -0.15) is 0 Å². The summed E-state index contributed by atoms with van der Waals surface area (Å²) in [6.07, 6.45) is 16.5. The number of hydrogen-bond acceptors (Lipinski definition) is 4. The van der Waals surface area contributed by atoms with Crippen LogP contribution in [0.1, 0.15) is 24.8 Å². The standard InChI is InChI=1S/C69H47N5/c1-4-20-44(21-5-1)46-38-41-57-64(43-46)73(48-24-8-3-9-25-48)62-36-18-32-55(66(57)62)54-33-19-37-63-65(54)56-30-14-16-34-60(56)74(63)61-35-17-15-31-58(61)69-71-67(45-22-6-2-7-23-45)70-68(72-69)47-39-40-53-51-28-11-10-26-49(51)50-27-12-13-29-52(50)59(53)42-47/h1-8,10-24,26-33,35-43,60H,9,25,34H2. The van der Waals surface area contributed by atoms with Gasteiger partial charge in [0.15, 0.2) is 17.5 Å². The molecule has 0 fully saturated rings. The molecular weight excluding hydrogens is 899 g/mol. The topological polar surface area (TPSA) is 46.8 Å². The highest BCUT2D eigenvalue weighted by Crippen LogP contribution is 2.54. The second kappa shape index (κ2) is 17.1. The fraction of sp³-hybridized carbons (Fsp3) is 0.0580. The largest absolute Gasteiger partial charge is 0.332 e. The van der Waals surface area contributed by atoms with Crippen LogP contribution in [0, 0.1) is 0 Å². The van der Waals surface area contributed by atoms with Gasteiger partial charge in [-0.1, -0.05) is 200 Å². The van der Waals surface area contributed by atoms with Crippen molar-refractivity contribution in [1.29, 1.82) is 0 Å². The van der Waals surface area contributed by atoms with Crippen LogP contribution in [0.4, 0.5) is 11.4 Å². The van der Waals surface area contributed by atoms with Gasteiger partial charge in [0.1, 0.15) is 0 Å². The molecule has 1 unspecified atom stereocenters. The van der Waals surface area contributed by atoms with Crippen LogP contribution in [0.25, 0.3) is 122 Å². The van der Waals surface area contributed by atoms with Gasteiger partial charge in [-0.25, -0.2) is 15.0 Å². The SMILES string of the molecule is C1=CCCC(n2c3cc(-c4ccccc4)ccc3c3c(-c4cccc5c4C4=CC=CCC4N5c4ccccc4-c4nc(-c5ccccc5)nc(-c5ccc6c7ccccc7c7ccccc7c6c5)n4)cccc32)=C1. The minimum absolute atomic E-state index is 0.0592. The van der Waals surface area contributed by atoms with Gasteiger partial charge in [0.05, 0.1) is 22.8 Å². The molecule has 0 saturated heterocycles. The minimum Gasteiger partial charge on any atom is -0.332 e. The van der Waals surface area contributed by atoms with Gasteiger partial charge in [0, 0.05) is 44.4 Å². The molecule has 3 aliphatic rings. The van der Waals surface area contributed by atoms with E-state index in [9.17, 15) is 0 Å². The van der Waals surface area contributed by atoms with Crippen LogP contribution in [0.2, 0.25) is 0 Å². The second-order valence-electron chi connectivity index (χ2n) is 19.7. The third kappa shape index (κ3) is 6.67. The summed E-state index contributed by atoms with van der Waals surface area (Å²) >= 11 is 0. The molecule has 0 radical (unpaired) electrons. The van der Waals surface area contributed by atoms with Crippen molar-refractivity contribution in [2.24, 2.45) is 0 Å². The zero-order valence-corrected chi connectivity index (χ0v) is 40.5. The van der Waals surface area contributed by atoms with E-state index in [0.29, 0.717) is 17.5 Å². The second-order valence-corrected chi connectivity index (χ2v) is 19.7. The Morgan fingerprint density at radius 3 is 1.76 bits per heavy atom.